The molecule has 1 heterocycles. The van der Waals surface area contributed by atoms with Gasteiger partial charge in [0.05, 0.1) is 16.8 Å². The van der Waals surface area contributed by atoms with Crippen molar-refractivity contribution in [1.82, 2.24) is 4.98 Å². The molecule has 0 amide bonds. The van der Waals surface area contributed by atoms with E-state index in [1.54, 1.807) is 6.20 Å². The first-order chi connectivity index (χ1) is 8.36. The molecule has 1 aromatic heterocycles. The number of unbranched alkanes of at least 4 members (excludes halogenated alkanes) is 1. The molecule has 3 heteroatoms. The molecular weight excluding hydrogens is 210 g/mol. The van der Waals surface area contributed by atoms with Crippen LogP contribution < -0.4 is 5.32 Å². The minimum absolute atomic E-state index is 0.611. The minimum atomic E-state index is 0.611. The Morgan fingerprint density at radius 3 is 2.94 bits per heavy atom. The molecule has 0 bridgehead atoms. The van der Waals surface area contributed by atoms with Gasteiger partial charge in [-0.1, -0.05) is 31.5 Å². The number of hydrogen-bond acceptors (Lipinski definition) is 3. The normalized spacial score (nSPS) is 10.1. The highest BCUT2D eigenvalue weighted by molar-refractivity contribution is 5.93. The van der Waals surface area contributed by atoms with E-state index in [-0.39, 0.29) is 0 Å². The number of hydrogen-bond donors (Lipinski definition) is 1. The van der Waals surface area contributed by atoms with Crippen LogP contribution in [0.3, 0.4) is 0 Å². The predicted molar refractivity (Wildman–Crippen MR) is 69.9 cm³/mol. The van der Waals surface area contributed by atoms with E-state index in [4.69, 9.17) is 5.26 Å². The van der Waals surface area contributed by atoms with E-state index in [0.29, 0.717) is 5.56 Å². The van der Waals surface area contributed by atoms with E-state index < -0.39 is 0 Å². The monoisotopic (exact) mass is 225 g/mol. The number of benzene rings is 1. The zero-order chi connectivity index (χ0) is 12.1. The van der Waals surface area contributed by atoms with Gasteiger partial charge in [0, 0.05) is 18.1 Å². The van der Waals surface area contributed by atoms with Crippen LogP contribution in [-0.2, 0) is 0 Å². The Hall–Kier alpha value is -2.08. The van der Waals surface area contributed by atoms with E-state index in [9.17, 15) is 0 Å². The van der Waals surface area contributed by atoms with Gasteiger partial charge in [0.15, 0.2) is 0 Å². The van der Waals surface area contributed by atoms with Crippen LogP contribution in [0.1, 0.15) is 25.3 Å². The topological polar surface area (TPSA) is 48.7 Å². The van der Waals surface area contributed by atoms with Crippen LogP contribution in [0.25, 0.3) is 10.9 Å². The fourth-order valence-corrected chi connectivity index (χ4v) is 1.81. The van der Waals surface area contributed by atoms with Crippen LogP contribution in [0.4, 0.5) is 5.69 Å². The molecule has 0 atom stereocenters. The van der Waals surface area contributed by atoms with Gasteiger partial charge in [0.2, 0.25) is 0 Å². The molecule has 86 valence electrons. The maximum absolute atomic E-state index is 9.10. The third kappa shape index (κ3) is 2.36. The van der Waals surface area contributed by atoms with E-state index in [0.717, 1.165) is 36.0 Å². The lowest BCUT2D eigenvalue weighted by atomic mass is 10.1. The fourth-order valence-electron chi connectivity index (χ4n) is 1.81. The summed E-state index contributed by atoms with van der Waals surface area (Å²) in [7, 11) is 0. The van der Waals surface area contributed by atoms with E-state index in [1.807, 2.05) is 24.3 Å². The average molecular weight is 225 g/mol. The Kier molecular flexibility index (Phi) is 3.56. The quantitative estimate of drug-likeness (QED) is 0.812. The lowest BCUT2D eigenvalue weighted by molar-refractivity contribution is 0.834. The number of pyridine rings is 1. The molecule has 3 nitrogen and oxygen atoms in total. The Morgan fingerprint density at radius 1 is 1.35 bits per heavy atom. The molecule has 0 aliphatic rings. The smallest absolute Gasteiger partial charge is 0.103 e. The van der Waals surface area contributed by atoms with Gasteiger partial charge in [-0.2, -0.15) is 5.26 Å². The number of nitriles is 1. The van der Waals surface area contributed by atoms with Crippen molar-refractivity contribution in [2.75, 3.05) is 11.9 Å². The van der Waals surface area contributed by atoms with Gasteiger partial charge in [-0.25, -0.2) is 0 Å². The summed E-state index contributed by atoms with van der Waals surface area (Å²) in [4.78, 5) is 4.28. The number of aromatic nitrogens is 1. The van der Waals surface area contributed by atoms with Crippen molar-refractivity contribution in [2.45, 2.75) is 19.8 Å². The third-order valence-electron chi connectivity index (χ3n) is 2.73. The summed E-state index contributed by atoms with van der Waals surface area (Å²) >= 11 is 0. The molecule has 0 saturated heterocycles. The van der Waals surface area contributed by atoms with Crippen LogP contribution in [0.5, 0.6) is 0 Å². The highest BCUT2D eigenvalue weighted by Crippen LogP contribution is 2.25. The maximum Gasteiger partial charge on any atom is 0.103 e. The second-order valence-corrected chi connectivity index (χ2v) is 3.96. The first-order valence-electron chi connectivity index (χ1n) is 5.88. The fraction of sp³-hybridized carbons (Fsp3) is 0.286. The van der Waals surface area contributed by atoms with E-state index in [2.05, 4.69) is 23.3 Å². The number of nitrogens with one attached hydrogen (secondary N) is 1. The first-order valence-corrected chi connectivity index (χ1v) is 5.88. The summed E-state index contributed by atoms with van der Waals surface area (Å²) in [5.41, 5.74) is 2.44. The van der Waals surface area contributed by atoms with Gasteiger partial charge in [-0.15, -0.1) is 0 Å². The minimum Gasteiger partial charge on any atom is -0.383 e. The molecule has 0 aliphatic heterocycles. The van der Waals surface area contributed by atoms with E-state index in [1.165, 1.54) is 0 Å². The Balaban J connectivity index is 2.45. The van der Waals surface area contributed by atoms with Crippen molar-refractivity contribution in [2.24, 2.45) is 0 Å². The molecule has 17 heavy (non-hydrogen) atoms. The van der Waals surface area contributed by atoms with Crippen molar-refractivity contribution in [3.63, 3.8) is 0 Å². The molecule has 2 rings (SSSR count). The van der Waals surface area contributed by atoms with Crippen LogP contribution in [0, 0.1) is 11.3 Å². The molecular formula is C14H15N3. The van der Waals surface area contributed by atoms with Crippen LogP contribution in [0.2, 0.25) is 0 Å². The van der Waals surface area contributed by atoms with Crippen LogP contribution in [0.15, 0.2) is 30.5 Å². The standard InChI is InChI=1S/C14H15N3/c1-2-3-8-16-14-11(9-15)10-17-13-7-5-4-6-12(13)14/h4-7,10H,2-3,8H2,1H3,(H,16,17). The van der Waals surface area contributed by atoms with Gasteiger partial charge in [-0.3, -0.25) is 4.98 Å². The van der Waals surface area contributed by atoms with Gasteiger partial charge < -0.3 is 5.32 Å². The number of nitrogens with zero attached hydrogens (tertiary/aromatic N) is 2. The van der Waals surface area contributed by atoms with E-state index >= 15 is 0 Å². The number of fused-ring (bicyclic) bond motifs is 1. The zero-order valence-electron chi connectivity index (χ0n) is 9.90. The molecule has 0 unspecified atom stereocenters. The van der Waals surface area contributed by atoms with Crippen LogP contribution >= 0.6 is 0 Å². The second kappa shape index (κ2) is 5.31. The predicted octanol–water partition coefficient (Wildman–Crippen LogP) is 3.32. The lowest BCUT2D eigenvalue weighted by Gasteiger charge is -2.10. The van der Waals surface area contributed by atoms with Gasteiger partial charge in [0.25, 0.3) is 0 Å². The van der Waals surface area contributed by atoms with Crippen molar-refractivity contribution in [3.8, 4) is 6.07 Å². The van der Waals surface area contributed by atoms with Crippen molar-refractivity contribution in [3.05, 3.63) is 36.0 Å². The van der Waals surface area contributed by atoms with Gasteiger partial charge in [0.1, 0.15) is 6.07 Å². The Bertz CT molecular complexity index is 555. The molecule has 2 aromatic rings. The summed E-state index contributed by atoms with van der Waals surface area (Å²) in [5, 5.41) is 13.5. The van der Waals surface area contributed by atoms with Crippen molar-refractivity contribution in [1.29, 1.82) is 5.26 Å². The number of anilines is 1. The number of para-hydroxylation sites is 1. The maximum atomic E-state index is 9.10. The second-order valence-electron chi connectivity index (χ2n) is 3.96. The molecule has 0 fully saturated rings. The molecule has 0 saturated carbocycles. The molecule has 1 aromatic carbocycles. The summed E-state index contributed by atoms with van der Waals surface area (Å²) < 4.78 is 0. The SMILES string of the molecule is CCCCNc1c(C#N)cnc2ccccc12. The molecule has 0 spiro atoms. The van der Waals surface area contributed by atoms with Crippen molar-refractivity contribution >= 4 is 16.6 Å². The summed E-state index contributed by atoms with van der Waals surface area (Å²) in [6.45, 7) is 3.04. The average Bonchev–Trinajstić information content (AvgIpc) is 2.39. The van der Waals surface area contributed by atoms with Gasteiger partial charge in [-0.05, 0) is 12.5 Å². The molecule has 1 N–H and O–H groups in total. The van der Waals surface area contributed by atoms with Crippen LogP contribution in [-0.4, -0.2) is 11.5 Å². The summed E-state index contributed by atoms with van der Waals surface area (Å²) in [5.74, 6) is 0. The highest BCUT2D eigenvalue weighted by atomic mass is 14.9. The van der Waals surface area contributed by atoms with Gasteiger partial charge >= 0.3 is 0 Å². The number of rotatable bonds is 4. The highest BCUT2D eigenvalue weighted by Gasteiger charge is 2.07. The first kappa shape index (κ1) is 11.4. The largest absolute Gasteiger partial charge is 0.383 e. The summed E-state index contributed by atoms with van der Waals surface area (Å²) in [6.07, 6.45) is 3.87. The zero-order valence-corrected chi connectivity index (χ0v) is 9.90. The van der Waals surface area contributed by atoms with Crippen molar-refractivity contribution < 1.29 is 0 Å². The Morgan fingerprint density at radius 2 is 2.18 bits per heavy atom. The Labute approximate surface area is 101 Å². The molecule has 0 aliphatic carbocycles. The summed E-state index contributed by atoms with van der Waals surface area (Å²) in [6, 6.07) is 10.1. The molecule has 0 radical (unpaired) electrons. The lowest BCUT2D eigenvalue weighted by Crippen LogP contribution is -2.04. The third-order valence-corrected chi connectivity index (χ3v) is 2.73.